The van der Waals surface area contributed by atoms with Crippen molar-refractivity contribution in [2.45, 2.75) is 39.2 Å². The second-order valence-corrected chi connectivity index (χ2v) is 6.78. The van der Waals surface area contributed by atoms with Crippen LogP contribution in [-0.4, -0.2) is 53.8 Å². The monoisotopic (exact) mass is 349 g/mol. The molecule has 1 heterocycles. The quantitative estimate of drug-likeness (QED) is 0.881. The Labute approximate surface area is 149 Å². The van der Waals surface area contributed by atoms with Crippen LogP contribution in [0.15, 0.2) is 24.3 Å². The number of rotatable bonds is 5. The number of amides is 2. The van der Waals surface area contributed by atoms with E-state index in [9.17, 15) is 14.0 Å². The smallest absolute Gasteiger partial charge is 0.239 e. The van der Waals surface area contributed by atoms with Crippen LogP contribution in [0.25, 0.3) is 0 Å². The third-order valence-corrected chi connectivity index (χ3v) is 4.95. The molecule has 0 aromatic heterocycles. The molecule has 2 rings (SSSR count). The molecule has 1 aromatic rings. The van der Waals surface area contributed by atoms with Gasteiger partial charge in [0.05, 0.1) is 12.5 Å². The summed E-state index contributed by atoms with van der Waals surface area (Å²) in [6.45, 7) is 6.22. The Morgan fingerprint density at radius 2 is 1.88 bits per heavy atom. The number of halogens is 1. The van der Waals surface area contributed by atoms with Crippen LogP contribution in [0.2, 0.25) is 0 Å². The van der Waals surface area contributed by atoms with Crippen molar-refractivity contribution in [3.05, 3.63) is 35.6 Å². The fraction of sp³-hybridized carbons (Fsp3) is 0.579. The van der Waals surface area contributed by atoms with Crippen molar-refractivity contribution < 1.29 is 14.0 Å². The highest BCUT2D eigenvalue weighted by molar-refractivity contribution is 5.82. The second kappa shape index (κ2) is 8.94. The summed E-state index contributed by atoms with van der Waals surface area (Å²) in [5.41, 5.74) is 6.72. The van der Waals surface area contributed by atoms with Gasteiger partial charge in [0, 0.05) is 26.2 Å². The fourth-order valence-electron chi connectivity index (χ4n) is 3.03. The summed E-state index contributed by atoms with van der Waals surface area (Å²) in [6, 6.07) is 5.62. The Hall–Kier alpha value is -1.95. The highest BCUT2D eigenvalue weighted by Gasteiger charge is 2.27. The summed E-state index contributed by atoms with van der Waals surface area (Å²) in [4.78, 5) is 28.5. The summed E-state index contributed by atoms with van der Waals surface area (Å²) in [5.74, 6) is -0.265. The zero-order valence-electron chi connectivity index (χ0n) is 15.1. The molecule has 0 spiro atoms. The van der Waals surface area contributed by atoms with E-state index in [1.54, 1.807) is 21.9 Å². The lowest BCUT2D eigenvalue weighted by Crippen LogP contribution is -2.48. The van der Waals surface area contributed by atoms with Crippen LogP contribution in [0.3, 0.4) is 0 Å². The van der Waals surface area contributed by atoms with Gasteiger partial charge in [-0.3, -0.25) is 9.59 Å². The summed E-state index contributed by atoms with van der Waals surface area (Å²) in [6.07, 6.45) is 1.77. The average molecular weight is 349 g/mol. The molecule has 1 fully saturated rings. The lowest BCUT2D eigenvalue weighted by atomic mass is 9.99. The van der Waals surface area contributed by atoms with Crippen molar-refractivity contribution >= 4 is 11.8 Å². The summed E-state index contributed by atoms with van der Waals surface area (Å²) in [7, 11) is 0. The van der Waals surface area contributed by atoms with Crippen molar-refractivity contribution in [3.63, 3.8) is 0 Å². The van der Waals surface area contributed by atoms with Crippen LogP contribution in [0.1, 0.15) is 32.3 Å². The van der Waals surface area contributed by atoms with Crippen molar-refractivity contribution in [2.75, 3.05) is 26.2 Å². The number of hydrogen-bond acceptors (Lipinski definition) is 3. The average Bonchev–Trinajstić information content (AvgIpc) is 2.86. The minimum Gasteiger partial charge on any atom is -0.341 e. The first-order valence-electron chi connectivity index (χ1n) is 8.99. The molecule has 138 valence electrons. The molecule has 0 radical (unpaired) electrons. The van der Waals surface area contributed by atoms with Gasteiger partial charge in [-0.2, -0.15) is 0 Å². The number of nitrogens with two attached hydrogens (primary N) is 1. The lowest BCUT2D eigenvalue weighted by Gasteiger charge is -2.27. The molecule has 1 aliphatic rings. The largest absolute Gasteiger partial charge is 0.341 e. The Morgan fingerprint density at radius 1 is 1.20 bits per heavy atom. The van der Waals surface area contributed by atoms with Gasteiger partial charge in [-0.05, 0) is 30.0 Å². The van der Waals surface area contributed by atoms with E-state index in [1.807, 2.05) is 13.8 Å². The first-order valence-corrected chi connectivity index (χ1v) is 8.99. The zero-order chi connectivity index (χ0) is 18.4. The van der Waals surface area contributed by atoms with Gasteiger partial charge in [0.1, 0.15) is 5.82 Å². The molecule has 2 amide bonds. The first kappa shape index (κ1) is 19.4. The summed E-state index contributed by atoms with van der Waals surface area (Å²) >= 11 is 0. The van der Waals surface area contributed by atoms with Gasteiger partial charge >= 0.3 is 0 Å². The van der Waals surface area contributed by atoms with Crippen LogP contribution >= 0.6 is 0 Å². The molecule has 2 atom stereocenters. The third kappa shape index (κ3) is 5.26. The Kier molecular flexibility index (Phi) is 6.93. The number of nitrogens with zero attached hydrogens (tertiary/aromatic N) is 2. The Balaban J connectivity index is 1.92. The maximum atomic E-state index is 13.3. The molecular formula is C19H28FN3O2. The van der Waals surface area contributed by atoms with E-state index >= 15 is 0 Å². The Morgan fingerprint density at radius 3 is 2.56 bits per heavy atom. The molecule has 2 unspecified atom stereocenters. The SMILES string of the molecule is CCC(C)C(N)C(=O)N1CCCN(C(=O)Cc2cccc(F)c2)CC1. The van der Waals surface area contributed by atoms with E-state index in [1.165, 1.54) is 12.1 Å². The third-order valence-electron chi connectivity index (χ3n) is 4.95. The molecule has 1 aliphatic heterocycles. The van der Waals surface area contributed by atoms with Crippen molar-refractivity contribution in [1.82, 2.24) is 9.80 Å². The van der Waals surface area contributed by atoms with Gasteiger partial charge in [0.15, 0.2) is 0 Å². The molecule has 25 heavy (non-hydrogen) atoms. The molecule has 2 N–H and O–H groups in total. The number of carbonyl (C=O) groups excluding carboxylic acids is 2. The highest BCUT2D eigenvalue weighted by atomic mass is 19.1. The van der Waals surface area contributed by atoms with Gasteiger partial charge in [0.2, 0.25) is 11.8 Å². The minimum atomic E-state index is -0.487. The van der Waals surface area contributed by atoms with Crippen LogP contribution < -0.4 is 5.73 Å². The van der Waals surface area contributed by atoms with Gasteiger partial charge in [-0.15, -0.1) is 0 Å². The first-order chi connectivity index (χ1) is 11.9. The highest BCUT2D eigenvalue weighted by Crippen LogP contribution is 2.12. The lowest BCUT2D eigenvalue weighted by molar-refractivity contribution is -0.134. The molecule has 0 bridgehead atoms. The topological polar surface area (TPSA) is 66.6 Å². The van der Waals surface area contributed by atoms with Gasteiger partial charge in [-0.1, -0.05) is 32.4 Å². The molecule has 5 nitrogen and oxygen atoms in total. The molecule has 6 heteroatoms. The van der Waals surface area contributed by atoms with E-state index < -0.39 is 6.04 Å². The van der Waals surface area contributed by atoms with Gasteiger partial charge < -0.3 is 15.5 Å². The van der Waals surface area contributed by atoms with Crippen LogP contribution in [0.4, 0.5) is 4.39 Å². The number of hydrogen-bond donors (Lipinski definition) is 1. The summed E-state index contributed by atoms with van der Waals surface area (Å²) < 4.78 is 13.3. The van der Waals surface area contributed by atoms with E-state index in [0.29, 0.717) is 31.7 Å². The van der Waals surface area contributed by atoms with Gasteiger partial charge in [0.25, 0.3) is 0 Å². The van der Waals surface area contributed by atoms with Crippen LogP contribution in [-0.2, 0) is 16.0 Å². The number of carbonyl (C=O) groups is 2. The van der Waals surface area contributed by atoms with Crippen molar-refractivity contribution in [2.24, 2.45) is 11.7 Å². The van der Waals surface area contributed by atoms with Crippen molar-refractivity contribution in [1.29, 1.82) is 0 Å². The minimum absolute atomic E-state index is 0.0335. The van der Waals surface area contributed by atoms with E-state index in [-0.39, 0.29) is 30.0 Å². The predicted molar refractivity (Wildman–Crippen MR) is 95.3 cm³/mol. The predicted octanol–water partition coefficient (Wildman–Crippen LogP) is 1.80. The van der Waals surface area contributed by atoms with Crippen LogP contribution in [0, 0.1) is 11.7 Å². The fourth-order valence-corrected chi connectivity index (χ4v) is 3.03. The van der Waals surface area contributed by atoms with E-state index in [2.05, 4.69) is 0 Å². The normalized spacial score (nSPS) is 17.8. The standard InChI is InChI=1S/C19H28FN3O2/c1-3-14(2)18(21)19(25)23-9-5-8-22(10-11-23)17(24)13-15-6-4-7-16(20)12-15/h4,6-7,12,14,18H,3,5,8-11,13,21H2,1-2H3. The molecule has 1 saturated heterocycles. The van der Waals surface area contributed by atoms with Crippen molar-refractivity contribution in [3.8, 4) is 0 Å². The molecule has 0 aliphatic carbocycles. The zero-order valence-corrected chi connectivity index (χ0v) is 15.1. The molecule has 0 saturated carbocycles. The van der Waals surface area contributed by atoms with Crippen LogP contribution in [0.5, 0.6) is 0 Å². The maximum Gasteiger partial charge on any atom is 0.239 e. The molecule has 1 aromatic carbocycles. The van der Waals surface area contributed by atoms with Gasteiger partial charge in [-0.25, -0.2) is 4.39 Å². The molecular weight excluding hydrogens is 321 g/mol. The summed E-state index contributed by atoms with van der Waals surface area (Å²) in [5, 5.41) is 0. The van der Waals surface area contributed by atoms with E-state index in [0.717, 1.165) is 12.8 Å². The van der Waals surface area contributed by atoms with E-state index in [4.69, 9.17) is 5.73 Å². The maximum absolute atomic E-state index is 13.3. The number of benzene rings is 1. The second-order valence-electron chi connectivity index (χ2n) is 6.78. The Bertz CT molecular complexity index is 608.